The molecule has 148 valence electrons. The summed E-state index contributed by atoms with van der Waals surface area (Å²) in [5, 5.41) is 0. The minimum absolute atomic E-state index is 0.987. The highest BCUT2D eigenvalue weighted by Gasteiger charge is 2.09. The van der Waals surface area contributed by atoms with E-state index in [1.54, 1.807) is 0 Å². The van der Waals surface area contributed by atoms with Crippen molar-refractivity contribution in [3.8, 4) is 44.8 Å². The second-order valence-electron chi connectivity index (χ2n) is 7.80. The van der Waals surface area contributed by atoms with Crippen LogP contribution in [0.2, 0.25) is 0 Å². The van der Waals surface area contributed by atoms with Crippen molar-refractivity contribution < 1.29 is 0 Å². The molecular weight excluding hydrogens is 374 g/mol. The van der Waals surface area contributed by atoms with Crippen molar-refractivity contribution in [3.63, 3.8) is 0 Å². The molecule has 1 heterocycles. The van der Waals surface area contributed by atoms with Gasteiger partial charge in [-0.15, -0.1) is 0 Å². The Morgan fingerprint density at radius 1 is 0.387 bits per heavy atom. The lowest BCUT2D eigenvalue weighted by Crippen LogP contribution is -1.91. The molecule has 0 radical (unpaired) electrons. The lowest BCUT2D eigenvalue weighted by Gasteiger charge is -2.11. The highest BCUT2D eigenvalue weighted by Crippen LogP contribution is 2.31. The molecule has 0 aliphatic rings. The zero-order chi connectivity index (χ0) is 21.0. The summed E-state index contributed by atoms with van der Waals surface area (Å²) >= 11 is 0. The molecule has 5 rings (SSSR count). The van der Waals surface area contributed by atoms with Gasteiger partial charge in [0.2, 0.25) is 0 Å². The van der Waals surface area contributed by atoms with Crippen LogP contribution in [0.5, 0.6) is 0 Å². The number of aryl methyl sites for hydroxylation is 1. The quantitative estimate of drug-likeness (QED) is 0.299. The van der Waals surface area contributed by atoms with Gasteiger partial charge in [-0.05, 0) is 41.3 Å². The number of aromatic nitrogens is 1. The van der Waals surface area contributed by atoms with Crippen molar-refractivity contribution in [2.45, 2.75) is 6.92 Å². The van der Waals surface area contributed by atoms with Crippen LogP contribution in [0, 0.1) is 6.92 Å². The van der Waals surface area contributed by atoms with Crippen molar-refractivity contribution in [3.05, 3.63) is 127 Å². The highest BCUT2D eigenvalue weighted by molar-refractivity contribution is 5.78. The summed E-state index contributed by atoms with van der Waals surface area (Å²) in [7, 11) is 0. The van der Waals surface area contributed by atoms with Gasteiger partial charge in [-0.2, -0.15) is 0 Å². The van der Waals surface area contributed by atoms with Crippen molar-refractivity contribution in [1.29, 1.82) is 0 Å². The smallest absolute Gasteiger partial charge is 0.0715 e. The molecule has 0 aliphatic heterocycles. The number of nitrogens with zero attached hydrogens (tertiary/aromatic N) is 1. The van der Waals surface area contributed by atoms with Gasteiger partial charge in [0.1, 0.15) is 0 Å². The Kier molecular flexibility index (Phi) is 5.16. The minimum atomic E-state index is 0.987. The number of pyridine rings is 1. The molecule has 0 N–H and O–H groups in total. The van der Waals surface area contributed by atoms with E-state index in [9.17, 15) is 0 Å². The lowest BCUT2D eigenvalue weighted by atomic mass is 9.97. The van der Waals surface area contributed by atoms with E-state index < -0.39 is 0 Å². The summed E-state index contributed by atoms with van der Waals surface area (Å²) in [6, 6.07) is 42.6. The Balaban J connectivity index is 1.60. The number of rotatable bonds is 4. The van der Waals surface area contributed by atoms with Crippen molar-refractivity contribution in [2.24, 2.45) is 0 Å². The average Bonchev–Trinajstić information content (AvgIpc) is 2.85. The van der Waals surface area contributed by atoms with Gasteiger partial charge in [-0.1, -0.05) is 115 Å². The third-order valence-corrected chi connectivity index (χ3v) is 5.57. The average molecular weight is 398 g/mol. The van der Waals surface area contributed by atoms with E-state index in [1.807, 2.05) is 12.1 Å². The predicted molar refractivity (Wildman–Crippen MR) is 131 cm³/mol. The molecule has 0 spiro atoms. The first-order chi connectivity index (χ1) is 15.3. The summed E-state index contributed by atoms with van der Waals surface area (Å²) in [5.74, 6) is 0. The molecule has 31 heavy (non-hydrogen) atoms. The molecule has 0 bridgehead atoms. The summed E-state index contributed by atoms with van der Waals surface area (Å²) in [4.78, 5) is 4.99. The molecule has 0 atom stereocenters. The first-order valence-electron chi connectivity index (χ1n) is 10.6. The molecule has 0 unspecified atom stereocenters. The van der Waals surface area contributed by atoms with Crippen LogP contribution in [0.1, 0.15) is 5.56 Å². The largest absolute Gasteiger partial charge is 0.248 e. The molecule has 0 saturated carbocycles. The SMILES string of the molecule is Cc1ccc(-c2cc(-c3ccc(-c4ccccc4)cc3)cc(-c3ccccc3)n2)cc1. The van der Waals surface area contributed by atoms with E-state index in [1.165, 1.54) is 27.8 Å². The third-order valence-electron chi connectivity index (χ3n) is 5.57. The number of hydrogen-bond acceptors (Lipinski definition) is 1. The van der Waals surface area contributed by atoms with E-state index in [2.05, 4.69) is 116 Å². The Morgan fingerprint density at radius 2 is 0.774 bits per heavy atom. The van der Waals surface area contributed by atoms with Gasteiger partial charge >= 0.3 is 0 Å². The number of benzene rings is 4. The fourth-order valence-corrected chi connectivity index (χ4v) is 3.81. The Labute approximate surface area is 183 Å². The molecule has 0 saturated heterocycles. The standard InChI is InChI=1S/C30H23N/c1-22-12-14-27(15-13-22)30-21-28(20-29(31-30)26-10-6-3-7-11-26)25-18-16-24(17-19-25)23-8-4-2-5-9-23/h2-21H,1H3. The first kappa shape index (κ1) is 19.0. The molecule has 0 amide bonds. The van der Waals surface area contributed by atoms with Crippen LogP contribution in [0.4, 0.5) is 0 Å². The third kappa shape index (κ3) is 4.17. The lowest BCUT2D eigenvalue weighted by molar-refractivity contribution is 1.32. The Bertz CT molecular complexity index is 1290. The van der Waals surface area contributed by atoms with Crippen LogP contribution in [0.15, 0.2) is 121 Å². The molecule has 4 aromatic carbocycles. The van der Waals surface area contributed by atoms with Crippen LogP contribution >= 0.6 is 0 Å². The molecule has 1 heteroatoms. The van der Waals surface area contributed by atoms with Gasteiger partial charge in [-0.3, -0.25) is 0 Å². The van der Waals surface area contributed by atoms with Crippen LogP contribution < -0.4 is 0 Å². The second-order valence-corrected chi connectivity index (χ2v) is 7.80. The predicted octanol–water partition coefficient (Wildman–Crippen LogP) is 8.06. The van der Waals surface area contributed by atoms with Gasteiger partial charge in [-0.25, -0.2) is 4.98 Å². The van der Waals surface area contributed by atoms with E-state index >= 15 is 0 Å². The molecule has 0 fully saturated rings. The summed E-state index contributed by atoms with van der Waals surface area (Å²) in [6.07, 6.45) is 0. The first-order valence-corrected chi connectivity index (χ1v) is 10.6. The van der Waals surface area contributed by atoms with Crippen molar-refractivity contribution in [2.75, 3.05) is 0 Å². The van der Waals surface area contributed by atoms with Crippen LogP contribution in [0.3, 0.4) is 0 Å². The van der Waals surface area contributed by atoms with E-state index in [0.29, 0.717) is 0 Å². The second kappa shape index (κ2) is 8.41. The van der Waals surface area contributed by atoms with Gasteiger partial charge in [0.05, 0.1) is 11.4 Å². The van der Waals surface area contributed by atoms with Crippen molar-refractivity contribution in [1.82, 2.24) is 4.98 Å². The maximum Gasteiger partial charge on any atom is 0.0715 e. The minimum Gasteiger partial charge on any atom is -0.248 e. The topological polar surface area (TPSA) is 12.9 Å². The van der Waals surface area contributed by atoms with Gasteiger partial charge in [0.15, 0.2) is 0 Å². The maximum atomic E-state index is 4.99. The van der Waals surface area contributed by atoms with Crippen LogP contribution in [-0.2, 0) is 0 Å². The fraction of sp³-hybridized carbons (Fsp3) is 0.0333. The van der Waals surface area contributed by atoms with Gasteiger partial charge in [0.25, 0.3) is 0 Å². The molecule has 0 aliphatic carbocycles. The van der Waals surface area contributed by atoms with E-state index in [0.717, 1.165) is 22.5 Å². The van der Waals surface area contributed by atoms with E-state index in [-0.39, 0.29) is 0 Å². The summed E-state index contributed by atoms with van der Waals surface area (Å²) < 4.78 is 0. The zero-order valence-corrected chi connectivity index (χ0v) is 17.5. The highest BCUT2D eigenvalue weighted by atomic mass is 14.7. The molecular formula is C30H23N. The summed E-state index contributed by atoms with van der Waals surface area (Å²) in [5.41, 5.74) is 10.3. The van der Waals surface area contributed by atoms with E-state index in [4.69, 9.17) is 4.98 Å². The fourth-order valence-electron chi connectivity index (χ4n) is 3.81. The van der Waals surface area contributed by atoms with Gasteiger partial charge < -0.3 is 0 Å². The molecule has 1 nitrogen and oxygen atoms in total. The Hall–Kier alpha value is -3.97. The zero-order valence-electron chi connectivity index (χ0n) is 17.5. The monoisotopic (exact) mass is 397 g/mol. The Morgan fingerprint density at radius 3 is 1.32 bits per heavy atom. The molecule has 5 aromatic rings. The van der Waals surface area contributed by atoms with Crippen LogP contribution in [0.25, 0.3) is 44.8 Å². The van der Waals surface area contributed by atoms with Crippen molar-refractivity contribution >= 4 is 0 Å². The maximum absolute atomic E-state index is 4.99. The van der Waals surface area contributed by atoms with Crippen LogP contribution in [-0.4, -0.2) is 4.98 Å². The normalized spacial score (nSPS) is 10.7. The summed E-state index contributed by atoms with van der Waals surface area (Å²) in [6.45, 7) is 2.11. The number of hydrogen-bond donors (Lipinski definition) is 0. The molecule has 1 aromatic heterocycles. The van der Waals surface area contributed by atoms with Gasteiger partial charge in [0, 0.05) is 11.1 Å².